The van der Waals surface area contributed by atoms with Gasteiger partial charge in [-0.05, 0) is 46.2 Å². The van der Waals surface area contributed by atoms with E-state index in [9.17, 15) is 8.42 Å². The second-order valence-corrected chi connectivity index (χ2v) is 8.80. The summed E-state index contributed by atoms with van der Waals surface area (Å²) in [5.74, 6) is -0.0743. The highest BCUT2D eigenvalue weighted by atomic mass is 32.2. The zero-order valence-corrected chi connectivity index (χ0v) is 16.7. The van der Waals surface area contributed by atoms with Crippen molar-refractivity contribution in [3.05, 3.63) is 90.0 Å². The minimum atomic E-state index is -3.78. The van der Waals surface area contributed by atoms with Crippen molar-refractivity contribution in [2.45, 2.75) is 24.7 Å². The Bertz CT molecular complexity index is 1240. The molecule has 0 fully saturated rings. The van der Waals surface area contributed by atoms with Gasteiger partial charge in [0.05, 0.1) is 11.5 Å². The third kappa shape index (κ3) is 3.53. The summed E-state index contributed by atoms with van der Waals surface area (Å²) in [7, 11) is -3.78. The van der Waals surface area contributed by atoms with Gasteiger partial charge in [-0.25, -0.2) is 0 Å². The fourth-order valence-corrected chi connectivity index (χ4v) is 4.54. The fourth-order valence-electron chi connectivity index (χ4n) is 3.55. The standard InChI is InChI=1S/C24H22O3S/c1-17-10-14-21(15-11-17)28(25,26)27-16-18(2)22-9-5-7-20-13-12-19-6-3-4-8-23(19)24(20)22/h3-15,18H,16H2,1-2H3. The molecule has 0 bridgehead atoms. The second kappa shape index (κ2) is 7.38. The zero-order chi connectivity index (χ0) is 19.7. The second-order valence-electron chi connectivity index (χ2n) is 7.18. The van der Waals surface area contributed by atoms with Gasteiger partial charge in [0.25, 0.3) is 10.1 Å². The van der Waals surface area contributed by atoms with E-state index in [0.29, 0.717) is 0 Å². The number of rotatable bonds is 5. The maximum absolute atomic E-state index is 12.5. The Kier molecular flexibility index (Phi) is 4.92. The number of hydrogen-bond acceptors (Lipinski definition) is 3. The van der Waals surface area contributed by atoms with Crippen LogP contribution in [0.5, 0.6) is 0 Å². The monoisotopic (exact) mass is 390 g/mol. The average molecular weight is 391 g/mol. The number of fused-ring (bicyclic) bond motifs is 3. The normalized spacial score (nSPS) is 13.1. The number of benzene rings is 4. The average Bonchev–Trinajstić information content (AvgIpc) is 2.72. The molecule has 4 rings (SSSR count). The van der Waals surface area contributed by atoms with Crippen LogP contribution in [0.2, 0.25) is 0 Å². The van der Waals surface area contributed by atoms with Crippen molar-refractivity contribution in [3.8, 4) is 0 Å². The van der Waals surface area contributed by atoms with E-state index in [1.807, 2.05) is 32.0 Å². The number of aryl methyl sites for hydroxylation is 1. The van der Waals surface area contributed by atoms with E-state index >= 15 is 0 Å². The lowest BCUT2D eigenvalue weighted by Gasteiger charge is -2.16. The first-order chi connectivity index (χ1) is 13.5. The topological polar surface area (TPSA) is 43.4 Å². The van der Waals surface area contributed by atoms with Gasteiger partial charge in [0.15, 0.2) is 0 Å². The molecule has 0 aliphatic carbocycles. The van der Waals surface area contributed by atoms with Crippen molar-refractivity contribution in [1.29, 1.82) is 0 Å². The predicted molar refractivity (Wildman–Crippen MR) is 114 cm³/mol. The summed E-state index contributed by atoms with van der Waals surface area (Å²) in [6.45, 7) is 4.02. The SMILES string of the molecule is Cc1ccc(S(=O)(=O)OCC(C)c2cccc3ccc4ccccc4c23)cc1. The maximum atomic E-state index is 12.5. The van der Waals surface area contributed by atoms with Crippen molar-refractivity contribution in [3.63, 3.8) is 0 Å². The van der Waals surface area contributed by atoms with Crippen LogP contribution in [-0.2, 0) is 14.3 Å². The van der Waals surface area contributed by atoms with Gasteiger partial charge in [0.2, 0.25) is 0 Å². The van der Waals surface area contributed by atoms with E-state index in [1.165, 1.54) is 10.8 Å². The Morgan fingerprint density at radius 2 is 1.50 bits per heavy atom. The van der Waals surface area contributed by atoms with Crippen LogP contribution in [0.3, 0.4) is 0 Å². The highest BCUT2D eigenvalue weighted by Crippen LogP contribution is 2.32. The van der Waals surface area contributed by atoms with Crippen LogP contribution < -0.4 is 0 Å². The summed E-state index contributed by atoms with van der Waals surface area (Å²) in [6.07, 6.45) is 0. The van der Waals surface area contributed by atoms with Crippen LogP contribution in [0.15, 0.2) is 83.8 Å². The lowest BCUT2D eigenvalue weighted by molar-refractivity contribution is 0.299. The summed E-state index contributed by atoms with van der Waals surface area (Å²) in [6, 6.07) is 25.3. The molecule has 0 radical (unpaired) electrons. The molecule has 0 saturated carbocycles. The maximum Gasteiger partial charge on any atom is 0.296 e. The quantitative estimate of drug-likeness (QED) is 0.319. The van der Waals surface area contributed by atoms with Gasteiger partial charge in [0, 0.05) is 5.92 Å². The van der Waals surface area contributed by atoms with E-state index in [4.69, 9.17) is 4.18 Å². The molecule has 3 nitrogen and oxygen atoms in total. The summed E-state index contributed by atoms with van der Waals surface area (Å²) in [5, 5.41) is 4.64. The molecule has 0 aliphatic heterocycles. The number of hydrogen-bond donors (Lipinski definition) is 0. The Morgan fingerprint density at radius 3 is 2.29 bits per heavy atom. The van der Waals surface area contributed by atoms with E-state index < -0.39 is 10.1 Å². The molecule has 1 atom stereocenters. The minimum absolute atomic E-state index is 0.0743. The predicted octanol–water partition coefficient (Wildman–Crippen LogP) is 5.81. The first-order valence-electron chi connectivity index (χ1n) is 9.32. The van der Waals surface area contributed by atoms with Crippen LogP contribution in [-0.4, -0.2) is 15.0 Å². The molecule has 0 aromatic heterocycles. The lowest BCUT2D eigenvalue weighted by atomic mass is 9.92. The van der Waals surface area contributed by atoms with Gasteiger partial charge in [-0.3, -0.25) is 4.18 Å². The molecule has 0 amide bonds. The van der Waals surface area contributed by atoms with Crippen molar-refractivity contribution in [2.24, 2.45) is 0 Å². The Balaban J connectivity index is 1.67. The third-order valence-electron chi connectivity index (χ3n) is 5.12. The Morgan fingerprint density at radius 1 is 0.821 bits per heavy atom. The molecule has 0 saturated heterocycles. The van der Waals surface area contributed by atoms with E-state index in [0.717, 1.165) is 21.9 Å². The fraction of sp³-hybridized carbons (Fsp3) is 0.167. The van der Waals surface area contributed by atoms with Crippen LogP contribution in [0, 0.1) is 6.92 Å². The van der Waals surface area contributed by atoms with Gasteiger partial charge in [-0.1, -0.05) is 79.2 Å². The van der Waals surface area contributed by atoms with Crippen molar-refractivity contribution < 1.29 is 12.6 Å². The van der Waals surface area contributed by atoms with Crippen LogP contribution >= 0.6 is 0 Å². The van der Waals surface area contributed by atoms with Crippen LogP contribution in [0.25, 0.3) is 21.5 Å². The third-order valence-corrected chi connectivity index (χ3v) is 6.41. The summed E-state index contributed by atoms with van der Waals surface area (Å²) in [5.41, 5.74) is 2.10. The largest absolute Gasteiger partial charge is 0.296 e. The van der Waals surface area contributed by atoms with E-state index in [1.54, 1.807) is 24.3 Å². The van der Waals surface area contributed by atoms with Gasteiger partial charge in [-0.15, -0.1) is 0 Å². The smallest absolute Gasteiger partial charge is 0.266 e. The first-order valence-corrected chi connectivity index (χ1v) is 10.7. The molecule has 142 valence electrons. The Hall–Kier alpha value is -2.69. The molecular weight excluding hydrogens is 368 g/mol. The molecule has 28 heavy (non-hydrogen) atoms. The highest BCUT2D eigenvalue weighted by Gasteiger charge is 2.19. The molecule has 0 heterocycles. The highest BCUT2D eigenvalue weighted by molar-refractivity contribution is 7.86. The lowest BCUT2D eigenvalue weighted by Crippen LogP contribution is -2.12. The van der Waals surface area contributed by atoms with Crippen LogP contribution in [0.1, 0.15) is 24.0 Å². The molecule has 4 aromatic carbocycles. The van der Waals surface area contributed by atoms with Crippen molar-refractivity contribution >= 4 is 31.7 Å². The molecule has 4 aromatic rings. The van der Waals surface area contributed by atoms with Gasteiger partial charge >= 0.3 is 0 Å². The summed E-state index contributed by atoms with van der Waals surface area (Å²) in [4.78, 5) is 0.189. The van der Waals surface area contributed by atoms with Gasteiger partial charge < -0.3 is 0 Å². The molecule has 4 heteroatoms. The molecule has 1 unspecified atom stereocenters. The molecule has 0 aliphatic rings. The van der Waals surface area contributed by atoms with Crippen molar-refractivity contribution in [2.75, 3.05) is 6.61 Å². The van der Waals surface area contributed by atoms with Gasteiger partial charge in [0.1, 0.15) is 0 Å². The molecule has 0 N–H and O–H groups in total. The summed E-state index contributed by atoms with van der Waals surface area (Å²) < 4.78 is 30.5. The van der Waals surface area contributed by atoms with E-state index in [2.05, 4.69) is 36.4 Å². The van der Waals surface area contributed by atoms with Crippen LogP contribution in [0.4, 0.5) is 0 Å². The van der Waals surface area contributed by atoms with E-state index in [-0.39, 0.29) is 17.4 Å². The summed E-state index contributed by atoms with van der Waals surface area (Å²) >= 11 is 0. The first kappa shape index (κ1) is 18.7. The van der Waals surface area contributed by atoms with Gasteiger partial charge in [-0.2, -0.15) is 8.42 Å². The zero-order valence-electron chi connectivity index (χ0n) is 15.9. The van der Waals surface area contributed by atoms with Crippen molar-refractivity contribution in [1.82, 2.24) is 0 Å². The Labute approximate surface area is 165 Å². The molecule has 0 spiro atoms. The molecular formula is C24H22O3S. The minimum Gasteiger partial charge on any atom is -0.266 e.